The first-order valence-corrected chi connectivity index (χ1v) is 7.23. The lowest BCUT2D eigenvalue weighted by atomic mass is 9.97. The van der Waals surface area contributed by atoms with Crippen LogP contribution in [0.25, 0.3) is 0 Å². The standard InChI is InChI=1S/C16H21FN2O2/c1-11-7-13(3-4-15(11)17)8-14-5-6-19(10-14)16(21)9-18-12(2)20/h3-4,7,14H,5-6,8-10H2,1-2H3,(H,18,20). The molecule has 0 radical (unpaired) electrons. The smallest absolute Gasteiger partial charge is 0.241 e. The first kappa shape index (κ1) is 15.5. The molecule has 5 heteroatoms. The van der Waals surface area contributed by atoms with Gasteiger partial charge in [0.15, 0.2) is 0 Å². The summed E-state index contributed by atoms with van der Waals surface area (Å²) in [7, 11) is 0. The first-order valence-electron chi connectivity index (χ1n) is 7.23. The van der Waals surface area contributed by atoms with E-state index in [0.717, 1.165) is 24.9 Å². The third kappa shape index (κ3) is 4.28. The van der Waals surface area contributed by atoms with E-state index in [1.165, 1.54) is 13.0 Å². The maximum Gasteiger partial charge on any atom is 0.241 e. The van der Waals surface area contributed by atoms with Gasteiger partial charge in [0.25, 0.3) is 0 Å². The Balaban J connectivity index is 1.86. The van der Waals surface area contributed by atoms with E-state index in [2.05, 4.69) is 5.32 Å². The average molecular weight is 292 g/mol. The van der Waals surface area contributed by atoms with E-state index in [0.29, 0.717) is 18.0 Å². The van der Waals surface area contributed by atoms with Gasteiger partial charge in [-0.15, -0.1) is 0 Å². The highest BCUT2D eigenvalue weighted by molar-refractivity contribution is 5.83. The Labute approximate surface area is 124 Å². The molecule has 2 amide bonds. The molecular weight excluding hydrogens is 271 g/mol. The second-order valence-corrected chi connectivity index (χ2v) is 5.69. The van der Waals surface area contributed by atoms with Crippen molar-refractivity contribution >= 4 is 11.8 Å². The van der Waals surface area contributed by atoms with Crippen LogP contribution in [0.15, 0.2) is 18.2 Å². The highest BCUT2D eigenvalue weighted by Gasteiger charge is 2.26. The van der Waals surface area contributed by atoms with Crippen molar-refractivity contribution in [2.24, 2.45) is 5.92 Å². The Morgan fingerprint density at radius 2 is 2.19 bits per heavy atom. The first-order chi connectivity index (χ1) is 9.95. The fourth-order valence-electron chi connectivity index (χ4n) is 2.70. The molecule has 1 N–H and O–H groups in total. The van der Waals surface area contributed by atoms with Crippen molar-refractivity contribution in [1.82, 2.24) is 10.2 Å². The molecule has 21 heavy (non-hydrogen) atoms. The molecule has 0 bridgehead atoms. The van der Waals surface area contributed by atoms with Crippen LogP contribution in [0.2, 0.25) is 0 Å². The predicted octanol–water partition coefficient (Wildman–Crippen LogP) is 1.66. The molecule has 1 saturated heterocycles. The van der Waals surface area contributed by atoms with Crippen LogP contribution in [0.3, 0.4) is 0 Å². The van der Waals surface area contributed by atoms with Gasteiger partial charge in [0, 0.05) is 20.0 Å². The number of aryl methyl sites for hydroxylation is 1. The molecule has 1 atom stereocenters. The van der Waals surface area contributed by atoms with E-state index in [1.54, 1.807) is 11.8 Å². The van der Waals surface area contributed by atoms with Crippen molar-refractivity contribution in [2.45, 2.75) is 26.7 Å². The fraction of sp³-hybridized carbons (Fsp3) is 0.500. The van der Waals surface area contributed by atoms with Crippen LogP contribution in [0, 0.1) is 18.7 Å². The maximum absolute atomic E-state index is 13.2. The van der Waals surface area contributed by atoms with E-state index in [4.69, 9.17) is 0 Å². The summed E-state index contributed by atoms with van der Waals surface area (Å²) >= 11 is 0. The Bertz CT molecular complexity index is 545. The minimum absolute atomic E-state index is 0.0389. The molecule has 0 aliphatic carbocycles. The van der Waals surface area contributed by atoms with E-state index in [-0.39, 0.29) is 24.2 Å². The van der Waals surface area contributed by atoms with Crippen molar-refractivity contribution in [1.29, 1.82) is 0 Å². The van der Waals surface area contributed by atoms with Gasteiger partial charge in [-0.25, -0.2) is 4.39 Å². The van der Waals surface area contributed by atoms with Crippen LogP contribution in [0.1, 0.15) is 24.5 Å². The average Bonchev–Trinajstić information content (AvgIpc) is 2.89. The van der Waals surface area contributed by atoms with E-state index >= 15 is 0 Å². The van der Waals surface area contributed by atoms with Crippen molar-refractivity contribution in [2.75, 3.05) is 19.6 Å². The summed E-state index contributed by atoms with van der Waals surface area (Å²) in [5.74, 6) is -0.0164. The topological polar surface area (TPSA) is 49.4 Å². The zero-order chi connectivity index (χ0) is 15.4. The zero-order valence-corrected chi connectivity index (χ0v) is 12.5. The Hall–Kier alpha value is -1.91. The lowest BCUT2D eigenvalue weighted by Gasteiger charge is -2.17. The predicted molar refractivity (Wildman–Crippen MR) is 78.2 cm³/mol. The number of halogens is 1. The highest BCUT2D eigenvalue weighted by Crippen LogP contribution is 2.22. The van der Waals surface area contributed by atoms with Crippen LogP contribution in [0.5, 0.6) is 0 Å². The van der Waals surface area contributed by atoms with Crippen molar-refractivity contribution in [3.05, 3.63) is 35.1 Å². The van der Waals surface area contributed by atoms with Crippen molar-refractivity contribution in [3.8, 4) is 0 Å². The molecule has 1 aliphatic heterocycles. The molecule has 1 fully saturated rings. The number of nitrogens with one attached hydrogen (secondary N) is 1. The van der Waals surface area contributed by atoms with Crippen LogP contribution in [-0.4, -0.2) is 36.3 Å². The summed E-state index contributed by atoms with van der Waals surface area (Å²) in [5.41, 5.74) is 1.76. The summed E-state index contributed by atoms with van der Waals surface area (Å²) in [6.07, 6.45) is 1.80. The van der Waals surface area contributed by atoms with E-state index < -0.39 is 0 Å². The van der Waals surface area contributed by atoms with Gasteiger partial charge in [-0.2, -0.15) is 0 Å². The number of benzene rings is 1. The molecule has 2 rings (SSSR count). The highest BCUT2D eigenvalue weighted by atomic mass is 19.1. The summed E-state index contributed by atoms with van der Waals surface area (Å²) in [6, 6.07) is 5.18. The summed E-state index contributed by atoms with van der Waals surface area (Å²) < 4.78 is 13.2. The third-order valence-corrected chi connectivity index (χ3v) is 3.87. The zero-order valence-electron chi connectivity index (χ0n) is 12.5. The van der Waals surface area contributed by atoms with Gasteiger partial charge in [0.2, 0.25) is 11.8 Å². The number of rotatable bonds is 4. The summed E-state index contributed by atoms with van der Waals surface area (Å²) in [5, 5.41) is 2.53. The second-order valence-electron chi connectivity index (χ2n) is 5.69. The number of likely N-dealkylation sites (tertiary alicyclic amines) is 1. The summed E-state index contributed by atoms with van der Waals surface area (Å²) in [6.45, 7) is 4.66. The maximum atomic E-state index is 13.2. The van der Waals surface area contributed by atoms with Gasteiger partial charge < -0.3 is 10.2 Å². The minimum Gasteiger partial charge on any atom is -0.347 e. The van der Waals surface area contributed by atoms with Gasteiger partial charge in [-0.05, 0) is 42.9 Å². The largest absolute Gasteiger partial charge is 0.347 e. The summed E-state index contributed by atoms with van der Waals surface area (Å²) in [4.78, 5) is 24.5. The molecule has 1 aliphatic rings. The number of hydrogen-bond acceptors (Lipinski definition) is 2. The van der Waals surface area contributed by atoms with Gasteiger partial charge in [-0.1, -0.05) is 12.1 Å². The molecule has 1 unspecified atom stereocenters. The van der Waals surface area contributed by atoms with Crippen LogP contribution < -0.4 is 5.32 Å². The van der Waals surface area contributed by atoms with Crippen LogP contribution >= 0.6 is 0 Å². The quantitative estimate of drug-likeness (QED) is 0.917. The molecule has 4 nitrogen and oxygen atoms in total. The number of carbonyl (C=O) groups excluding carboxylic acids is 2. The normalized spacial score (nSPS) is 17.9. The molecule has 0 aromatic heterocycles. The Morgan fingerprint density at radius 3 is 2.86 bits per heavy atom. The monoisotopic (exact) mass is 292 g/mol. The van der Waals surface area contributed by atoms with Gasteiger partial charge >= 0.3 is 0 Å². The second kappa shape index (κ2) is 6.70. The lowest BCUT2D eigenvalue weighted by molar-refractivity contribution is -0.131. The lowest BCUT2D eigenvalue weighted by Crippen LogP contribution is -2.38. The molecule has 1 heterocycles. The molecule has 114 valence electrons. The number of amides is 2. The SMILES string of the molecule is CC(=O)NCC(=O)N1CCC(Cc2ccc(F)c(C)c2)C1. The number of hydrogen-bond donors (Lipinski definition) is 1. The van der Waals surface area contributed by atoms with Crippen LogP contribution in [-0.2, 0) is 16.0 Å². The molecule has 0 saturated carbocycles. The molecule has 1 aromatic rings. The Morgan fingerprint density at radius 1 is 1.43 bits per heavy atom. The van der Waals surface area contributed by atoms with Crippen molar-refractivity contribution < 1.29 is 14.0 Å². The Kier molecular flexibility index (Phi) is 4.94. The van der Waals surface area contributed by atoms with E-state index in [9.17, 15) is 14.0 Å². The minimum atomic E-state index is -0.194. The van der Waals surface area contributed by atoms with Gasteiger partial charge in [-0.3, -0.25) is 9.59 Å². The van der Waals surface area contributed by atoms with Crippen LogP contribution in [0.4, 0.5) is 4.39 Å². The fourth-order valence-corrected chi connectivity index (χ4v) is 2.70. The number of carbonyl (C=O) groups is 2. The molecule has 0 spiro atoms. The molecular formula is C16H21FN2O2. The molecule has 1 aromatic carbocycles. The van der Waals surface area contributed by atoms with Gasteiger partial charge in [0.05, 0.1) is 6.54 Å². The van der Waals surface area contributed by atoms with E-state index in [1.807, 2.05) is 12.1 Å². The van der Waals surface area contributed by atoms with Crippen molar-refractivity contribution in [3.63, 3.8) is 0 Å². The third-order valence-electron chi connectivity index (χ3n) is 3.87. The van der Waals surface area contributed by atoms with Gasteiger partial charge in [0.1, 0.15) is 5.82 Å². The number of nitrogens with zero attached hydrogens (tertiary/aromatic N) is 1.